The summed E-state index contributed by atoms with van der Waals surface area (Å²) < 4.78 is 1.27. The Hall–Kier alpha value is -3.05. The van der Waals surface area contributed by atoms with E-state index in [0.29, 0.717) is 53.9 Å². The number of nitrogens with one attached hydrogen (secondary N) is 1. The highest BCUT2D eigenvalue weighted by molar-refractivity contribution is 6.56. The van der Waals surface area contributed by atoms with Crippen LogP contribution in [0.3, 0.4) is 0 Å². The lowest BCUT2D eigenvalue weighted by Crippen LogP contribution is -2.42. The van der Waals surface area contributed by atoms with Crippen LogP contribution in [-0.4, -0.2) is 82.1 Å². The molecule has 1 fully saturated rings. The van der Waals surface area contributed by atoms with Gasteiger partial charge in [0.15, 0.2) is 0 Å². The minimum Gasteiger partial charge on any atom is -0.390 e. The molecule has 4 heterocycles. The molecule has 2 N–H and O–H groups in total. The van der Waals surface area contributed by atoms with Crippen molar-refractivity contribution < 1.29 is 5.11 Å². The number of rotatable bonds is 6. The standard InChI is InChI=1S/C23H25B3ClN9O/c1-21(2,36-29-6-7-30-36)18-12-19(35(33-18)23(24,25)26)32-20-28-13-14-10-15(27)17(11-16(14)31-20)34-8-4-22(3,37)5-9-34/h6-7,10-13,37H,4-5,8-9H2,1-3H3,(H,28,31,32). The van der Waals surface area contributed by atoms with E-state index in [0.717, 1.165) is 11.1 Å². The number of anilines is 3. The smallest absolute Gasteiger partial charge is 0.228 e. The highest BCUT2D eigenvalue weighted by atomic mass is 35.5. The maximum absolute atomic E-state index is 10.3. The Kier molecular flexibility index (Phi) is 6.27. The number of piperidine rings is 1. The highest BCUT2D eigenvalue weighted by Gasteiger charge is 2.31. The molecule has 10 nitrogen and oxygen atoms in total. The number of aliphatic hydroxyl groups is 1. The van der Waals surface area contributed by atoms with Gasteiger partial charge in [-0.1, -0.05) is 11.6 Å². The van der Waals surface area contributed by atoms with E-state index in [1.165, 1.54) is 9.48 Å². The molecule has 14 heteroatoms. The highest BCUT2D eigenvalue weighted by Crippen LogP contribution is 2.34. The molecule has 37 heavy (non-hydrogen) atoms. The lowest BCUT2D eigenvalue weighted by molar-refractivity contribution is 0.0351. The topological polar surface area (TPSA) is 110 Å². The maximum Gasteiger partial charge on any atom is 0.228 e. The molecule has 1 aliphatic rings. The summed E-state index contributed by atoms with van der Waals surface area (Å²) >= 11 is 6.60. The first-order chi connectivity index (χ1) is 17.3. The number of nitrogens with zero attached hydrogens (tertiary/aromatic N) is 8. The number of hydrogen-bond acceptors (Lipinski definition) is 8. The van der Waals surface area contributed by atoms with Gasteiger partial charge < -0.3 is 15.3 Å². The molecule has 3 aromatic heterocycles. The zero-order valence-electron chi connectivity index (χ0n) is 20.9. The van der Waals surface area contributed by atoms with E-state index in [1.54, 1.807) is 24.7 Å². The molecule has 0 atom stereocenters. The fourth-order valence-electron chi connectivity index (χ4n) is 4.36. The summed E-state index contributed by atoms with van der Waals surface area (Å²) in [7, 11) is 18.0. The molecule has 0 saturated carbocycles. The molecule has 0 bridgehead atoms. The zero-order chi connectivity index (χ0) is 26.6. The van der Waals surface area contributed by atoms with E-state index in [-0.39, 0.29) is 0 Å². The lowest BCUT2D eigenvalue weighted by atomic mass is 9.49. The van der Waals surface area contributed by atoms with Gasteiger partial charge in [0.2, 0.25) is 5.95 Å². The van der Waals surface area contributed by atoms with Gasteiger partial charge in [0, 0.05) is 30.7 Å². The largest absolute Gasteiger partial charge is 0.390 e. The van der Waals surface area contributed by atoms with E-state index in [2.05, 4.69) is 35.5 Å². The second-order valence-corrected chi connectivity index (χ2v) is 10.7. The van der Waals surface area contributed by atoms with Crippen molar-refractivity contribution in [2.45, 2.75) is 50.0 Å². The monoisotopic (exact) mass is 511 g/mol. The predicted octanol–water partition coefficient (Wildman–Crippen LogP) is 2.02. The van der Waals surface area contributed by atoms with Gasteiger partial charge in [-0.3, -0.25) is 4.68 Å². The van der Waals surface area contributed by atoms with Gasteiger partial charge in [0.1, 0.15) is 11.4 Å². The fourth-order valence-corrected chi connectivity index (χ4v) is 4.65. The average molecular weight is 511 g/mol. The Morgan fingerprint density at radius 2 is 1.76 bits per heavy atom. The first-order valence-electron chi connectivity index (χ1n) is 11.9. The Labute approximate surface area is 224 Å². The number of halogens is 1. The van der Waals surface area contributed by atoms with Gasteiger partial charge in [-0.25, -0.2) is 9.97 Å². The van der Waals surface area contributed by atoms with Crippen LogP contribution in [0, 0.1) is 0 Å². The van der Waals surface area contributed by atoms with Crippen molar-refractivity contribution in [1.82, 2.24) is 34.7 Å². The van der Waals surface area contributed by atoms with E-state index in [1.807, 2.05) is 32.9 Å². The summed E-state index contributed by atoms with van der Waals surface area (Å²) in [6.07, 6.45) is 6.18. The van der Waals surface area contributed by atoms with Crippen LogP contribution < -0.4 is 10.2 Å². The molecule has 6 radical (unpaired) electrons. The van der Waals surface area contributed by atoms with Crippen molar-refractivity contribution in [2.75, 3.05) is 23.3 Å². The van der Waals surface area contributed by atoms with Crippen molar-refractivity contribution in [3.8, 4) is 0 Å². The van der Waals surface area contributed by atoms with Crippen LogP contribution in [0.4, 0.5) is 17.5 Å². The Morgan fingerprint density at radius 3 is 2.41 bits per heavy atom. The molecule has 1 aromatic carbocycles. The number of hydrogen-bond donors (Lipinski definition) is 2. The summed E-state index contributed by atoms with van der Waals surface area (Å²) in [5.41, 5.74) is 0.757. The molecule has 0 spiro atoms. The number of aromatic nitrogens is 7. The molecule has 5 rings (SSSR count). The third kappa shape index (κ3) is 5.07. The van der Waals surface area contributed by atoms with Gasteiger partial charge in [0.25, 0.3) is 0 Å². The molecule has 0 unspecified atom stereocenters. The summed E-state index contributed by atoms with van der Waals surface area (Å²) in [6, 6.07) is 5.53. The summed E-state index contributed by atoms with van der Waals surface area (Å²) in [5.74, 6) is 0.698. The van der Waals surface area contributed by atoms with Crippen LogP contribution in [0.5, 0.6) is 0 Å². The van der Waals surface area contributed by atoms with Crippen molar-refractivity contribution in [3.05, 3.63) is 47.5 Å². The molecule has 1 saturated heterocycles. The maximum atomic E-state index is 10.3. The third-order valence-corrected chi connectivity index (χ3v) is 6.99. The first-order valence-corrected chi connectivity index (χ1v) is 12.3. The minimum atomic E-state index is -1.79. The van der Waals surface area contributed by atoms with Gasteiger partial charge in [-0.15, -0.1) is 0 Å². The van der Waals surface area contributed by atoms with E-state index in [4.69, 9.17) is 35.1 Å². The van der Waals surface area contributed by atoms with E-state index in [9.17, 15) is 5.11 Å². The molecule has 1 aliphatic heterocycles. The van der Waals surface area contributed by atoms with Crippen molar-refractivity contribution in [3.63, 3.8) is 0 Å². The summed E-state index contributed by atoms with van der Waals surface area (Å²) in [5, 5.41) is 26.1. The quantitative estimate of drug-likeness (QED) is 0.379. The van der Waals surface area contributed by atoms with Crippen LogP contribution in [0.2, 0.25) is 5.02 Å². The fraction of sp³-hybridized carbons (Fsp3) is 0.435. The SMILES string of the molecule is [B]C([B])([B])n1nc(C(C)(C)n2nccn2)cc1Nc1ncc2cc(Cl)c(N3CCC(C)(O)CC3)cc2n1. The molecule has 184 valence electrons. The number of benzene rings is 1. The lowest BCUT2D eigenvalue weighted by Gasteiger charge is -2.37. The molecular weight excluding hydrogens is 486 g/mol. The summed E-state index contributed by atoms with van der Waals surface area (Å²) in [6.45, 7) is 7.07. The van der Waals surface area contributed by atoms with Gasteiger partial charge in [0.05, 0.1) is 63.5 Å². The minimum absolute atomic E-state index is 0.300. The predicted molar refractivity (Wildman–Crippen MR) is 146 cm³/mol. The van der Waals surface area contributed by atoms with Crippen LogP contribution in [-0.2, 0) is 10.8 Å². The van der Waals surface area contributed by atoms with E-state index >= 15 is 0 Å². The second kappa shape index (κ2) is 9.06. The van der Waals surface area contributed by atoms with Crippen molar-refractivity contribution >= 4 is 63.5 Å². The normalized spacial score (nSPS) is 16.3. The van der Waals surface area contributed by atoms with Crippen LogP contribution in [0.25, 0.3) is 10.9 Å². The Bertz CT molecular complexity index is 1420. The van der Waals surface area contributed by atoms with Crippen molar-refractivity contribution in [1.29, 1.82) is 0 Å². The van der Waals surface area contributed by atoms with Gasteiger partial charge >= 0.3 is 0 Å². The molecule has 0 aliphatic carbocycles. The van der Waals surface area contributed by atoms with Crippen molar-refractivity contribution in [2.24, 2.45) is 0 Å². The van der Waals surface area contributed by atoms with Crippen LogP contribution in [0.1, 0.15) is 39.3 Å². The summed E-state index contributed by atoms with van der Waals surface area (Å²) in [4.78, 5) is 12.8. The Balaban J connectivity index is 1.48. The molecular formula is C23H25B3ClN9O. The first kappa shape index (κ1) is 25.6. The zero-order valence-corrected chi connectivity index (χ0v) is 21.7. The van der Waals surface area contributed by atoms with E-state index < -0.39 is 16.4 Å². The van der Waals surface area contributed by atoms with Gasteiger partial charge in [-0.05, 0) is 51.0 Å². The molecule has 0 amide bonds. The van der Waals surface area contributed by atoms with Crippen LogP contribution in [0.15, 0.2) is 36.8 Å². The Morgan fingerprint density at radius 1 is 1.08 bits per heavy atom. The second-order valence-electron chi connectivity index (χ2n) is 10.3. The average Bonchev–Trinajstić information content (AvgIpc) is 3.50. The van der Waals surface area contributed by atoms with Gasteiger partial charge in [-0.2, -0.15) is 20.1 Å². The van der Waals surface area contributed by atoms with Crippen LogP contribution >= 0.6 is 11.6 Å². The number of fused-ring (bicyclic) bond motifs is 1. The molecule has 4 aromatic rings. The third-order valence-electron chi connectivity index (χ3n) is 6.69.